The van der Waals surface area contributed by atoms with Crippen LogP contribution in [-0.4, -0.2) is 5.84 Å². The SMILES string of the molecule is c1ccc(C2=NC(c3ccccc3)N(c3ccccc3)C(c3ccccc3)N2c2cc3ccccc3c3ccccc23)cc1. The third-order valence-electron chi connectivity index (χ3n) is 8.53. The van der Waals surface area contributed by atoms with Gasteiger partial charge in [0.05, 0.1) is 5.69 Å². The largest absolute Gasteiger partial charge is 0.321 e. The third kappa shape index (κ3) is 4.50. The highest BCUT2D eigenvalue weighted by Gasteiger charge is 2.41. The van der Waals surface area contributed by atoms with E-state index in [4.69, 9.17) is 4.99 Å². The topological polar surface area (TPSA) is 18.8 Å². The standard InChI is InChI=1S/C41H31N3/c1-5-17-30(18-6-1)39-42-40(31-19-7-2-8-20-31)44(38-29-33-23-13-14-26-35(33)36-27-15-16-28-37(36)38)41(32-21-9-3-10-22-32)43(39)34-24-11-4-12-25-34/h1-29,39,41H. The van der Waals surface area contributed by atoms with Crippen molar-refractivity contribution in [3.05, 3.63) is 193 Å². The first kappa shape index (κ1) is 26.0. The van der Waals surface area contributed by atoms with Crippen molar-refractivity contribution in [3.63, 3.8) is 0 Å². The lowest BCUT2D eigenvalue weighted by atomic mass is 9.96. The molecule has 1 aliphatic rings. The zero-order valence-corrected chi connectivity index (χ0v) is 24.2. The Hall–Kier alpha value is -5.67. The number of para-hydroxylation sites is 1. The second-order valence-corrected chi connectivity index (χ2v) is 11.2. The summed E-state index contributed by atoms with van der Waals surface area (Å²) in [5.41, 5.74) is 5.66. The van der Waals surface area contributed by atoms with Gasteiger partial charge in [0.15, 0.2) is 6.17 Å². The number of fused-ring (bicyclic) bond motifs is 3. The number of hydrogen-bond acceptors (Lipinski definition) is 3. The van der Waals surface area contributed by atoms with Crippen LogP contribution in [0.15, 0.2) is 181 Å². The van der Waals surface area contributed by atoms with Crippen LogP contribution < -0.4 is 9.80 Å². The molecule has 3 heteroatoms. The molecule has 1 aliphatic heterocycles. The summed E-state index contributed by atoms with van der Waals surface area (Å²) in [6.07, 6.45) is -0.442. The summed E-state index contributed by atoms with van der Waals surface area (Å²) in [5.74, 6) is 0.945. The van der Waals surface area contributed by atoms with Gasteiger partial charge in [-0.05, 0) is 45.5 Å². The summed E-state index contributed by atoms with van der Waals surface area (Å²) in [4.78, 5) is 10.6. The minimum atomic E-state index is -0.248. The van der Waals surface area contributed by atoms with Crippen molar-refractivity contribution < 1.29 is 0 Å². The summed E-state index contributed by atoms with van der Waals surface area (Å²) in [6.45, 7) is 0. The fourth-order valence-electron chi connectivity index (χ4n) is 6.57. The monoisotopic (exact) mass is 565 g/mol. The lowest BCUT2D eigenvalue weighted by Gasteiger charge is -2.49. The number of rotatable bonds is 5. The molecule has 210 valence electrons. The summed E-state index contributed by atoms with van der Waals surface area (Å²) in [6, 6.07) is 62.7. The number of hydrogen-bond donors (Lipinski definition) is 0. The van der Waals surface area contributed by atoms with E-state index in [1.807, 2.05) is 0 Å². The van der Waals surface area contributed by atoms with Crippen molar-refractivity contribution in [1.82, 2.24) is 0 Å². The van der Waals surface area contributed by atoms with E-state index in [0.717, 1.165) is 28.3 Å². The highest BCUT2D eigenvalue weighted by Crippen LogP contribution is 2.47. The average molecular weight is 566 g/mol. The minimum absolute atomic E-state index is 0.193. The molecule has 2 atom stereocenters. The molecule has 0 fully saturated rings. The fourth-order valence-corrected chi connectivity index (χ4v) is 6.57. The van der Waals surface area contributed by atoms with E-state index < -0.39 is 0 Å². The summed E-state index contributed by atoms with van der Waals surface area (Å²) >= 11 is 0. The summed E-state index contributed by atoms with van der Waals surface area (Å²) in [5, 5.41) is 4.88. The molecule has 0 spiro atoms. The Balaban J connectivity index is 1.50. The van der Waals surface area contributed by atoms with E-state index in [0.29, 0.717) is 0 Å². The van der Waals surface area contributed by atoms with Crippen molar-refractivity contribution in [1.29, 1.82) is 0 Å². The number of aliphatic imine (C=N–C) groups is 1. The second-order valence-electron chi connectivity index (χ2n) is 11.2. The summed E-state index contributed by atoms with van der Waals surface area (Å²) in [7, 11) is 0. The second kappa shape index (κ2) is 11.2. The van der Waals surface area contributed by atoms with Crippen LogP contribution in [0.2, 0.25) is 0 Å². The van der Waals surface area contributed by atoms with Gasteiger partial charge < -0.3 is 9.80 Å². The first-order valence-corrected chi connectivity index (χ1v) is 15.1. The van der Waals surface area contributed by atoms with Crippen molar-refractivity contribution in [2.45, 2.75) is 12.3 Å². The lowest BCUT2D eigenvalue weighted by Crippen LogP contribution is -2.51. The predicted molar refractivity (Wildman–Crippen MR) is 184 cm³/mol. The van der Waals surface area contributed by atoms with Crippen molar-refractivity contribution >= 4 is 38.8 Å². The van der Waals surface area contributed by atoms with E-state index in [9.17, 15) is 0 Å². The molecule has 0 saturated heterocycles. The van der Waals surface area contributed by atoms with E-state index >= 15 is 0 Å². The van der Waals surface area contributed by atoms with Crippen LogP contribution in [0.3, 0.4) is 0 Å². The molecule has 8 rings (SSSR count). The maximum Gasteiger partial charge on any atom is 0.151 e. The minimum Gasteiger partial charge on any atom is -0.321 e. The highest BCUT2D eigenvalue weighted by atomic mass is 15.5. The number of benzene rings is 7. The van der Waals surface area contributed by atoms with Gasteiger partial charge in [0.2, 0.25) is 0 Å². The fraction of sp³-hybridized carbons (Fsp3) is 0.0488. The molecule has 0 N–H and O–H groups in total. The first-order chi connectivity index (χ1) is 21.9. The molecule has 1 heterocycles. The molecule has 3 nitrogen and oxygen atoms in total. The number of anilines is 2. The molecule has 0 aliphatic carbocycles. The Morgan fingerprint density at radius 1 is 0.455 bits per heavy atom. The van der Waals surface area contributed by atoms with Crippen LogP contribution in [0.25, 0.3) is 21.5 Å². The van der Waals surface area contributed by atoms with E-state index in [-0.39, 0.29) is 12.3 Å². The smallest absolute Gasteiger partial charge is 0.151 e. The maximum absolute atomic E-state index is 5.67. The molecular formula is C41H31N3. The van der Waals surface area contributed by atoms with Gasteiger partial charge >= 0.3 is 0 Å². The summed E-state index contributed by atoms with van der Waals surface area (Å²) < 4.78 is 0. The molecule has 7 aromatic carbocycles. The Labute approximate surface area is 258 Å². The molecular weight excluding hydrogens is 534 g/mol. The highest BCUT2D eigenvalue weighted by molar-refractivity contribution is 6.20. The molecule has 0 amide bonds. The van der Waals surface area contributed by atoms with Crippen LogP contribution in [0.4, 0.5) is 11.4 Å². The van der Waals surface area contributed by atoms with Gasteiger partial charge in [0.25, 0.3) is 0 Å². The zero-order chi connectivity index (χ0) is 29.3. The van der Waals surface area contributed by atoms with Gasteiger partial charge in [0.1, 0.15) is 12.0 Å². The zero-order valence-electron chi connectivity index (χ0n) is 24.2. The average Bonchev–Trinajstić information content (AvgIpc) is 3.12. The van der Waals surface area contributed by atoms with Gasteiger partial charge in [-0.3, -0.25) is 0 Å². The van der Waals surface area contributed by atoms with Crippen molar-refractivity contribution in [2.75, 3.05) is 9.80 Å². The van der Waals surface area contributed by atoms with E-state index in [2.05, 4.69) is 186 Å². The predicted octanol–water partition coefficient (Wildman–Crippen LogP) is 10.2. The van der Waals surface area contributed by atoms with Crippen LogP contribution in [0.5, 0.6) is 0 Å². The quantitative estimate of drug-likeness (QED) is 0.193. The molecule has 0 bridgehead atoms. The van der Waals surface area contributed by atoms with Gasteiger partial charge in [-0.15, -0.1) is 0 Å². The Morgan fingerprint density at radius 3 is 1.66 bits per heavy atom. The van der Waals surface area contributed by atoms with Crippen LogP contribution in [0.1, 0.15) is 29.0 Å². The van der Waals surface area contributed by atoms with Crippen LogP contribution in [0, 0.1) is 0 Å². The van der Waals surface area contributed by atoms with Gasteiger partial charge in [-0.1, -0.05) is 158 Å². The van der Waals surface area contributed by atoms with Crippen LogP contribution >= 0.6 is 0 Å². The lowest BCUT2D eigenvalue weighted by molar-refractivity contribution is 0.525. The Morgan fingerprint density at radius 2 is 0.977 bits per heavy atom. The first-order valence-electron chi connectivity index (χ1n) is 15.1. The molecule has 0 saturated carbocycles. The normalized spacial score (nSPS) is 16.7. The van der Waals surface area contributed by atoms with E-state index in [1.54, 1.807) is 0 Å². The van der Waals surface area contributed by atoms with Crippen LogP contribution in [-0.2, 0) is 0 Å². The molecule has 44 heavy (non-hydrogen) atoms. The molecule has 0 aromatic heterocycles. The van der Waals surface area contributed by atoms with Gasteiger partial charge in [-0.25, -0.2) is 4.99 Å². The molecule has 0 radical (unpaired) electrons. The molecule has 2 unspecified atom stereocenters. The van der Waals surface area contributed by atoms with Crippen molar-refractivity contribution in [3.8, 4) is 0 Å². The van der Waals surface area contributed by atoms with Gasteiger partial charge in [-0.2, -0.15) is 0 Å². The maximum atomic E-state index is 5.67. The Kier molecular flexibility index (Phi) is 6.62. The number of nitrogens with zero attached hydrogens (tertiary/aromatic N) is 3. The number of amidine groups is 1. The van der Waals surface area contributed by atoms with E-state index in [1.165, 1.54) is 27.1 Å². The van der Waals surface area contributed by atoms with Gasteiger partial charge in [0, 0.05) is 16.6 Å². The third-order valence-corrected chi connectivity index (χ3v) is 8.53. The van der Waals surface area contributed by atoms with Crippen molar-refractivity contribution in [2.24, 2.45) is 4.99 Å². The Bertz CT molecular complexity index is 2070. The molecule has 7 aromatic rings.